The number of nitrogens with zero attached hydrogens (tertiary/aromatic N) is 2. The van der Waals surface area contributed by atoms with Crippen LogP contribution >= 0.6 is 27.7 Å². The van der Waals surface area contributed by atoms with Crippen LogP contribution in [0.4, 0.5) is 0 Å². The summed E-state index contributed by atoms with van der Waals surface area (Å²) in [4.78, 5) is 11.9. The number of methoxy groups -OCH3 is 1. The molecule has 118 valence electrons. The van der Waals surface area contributed by atoms with Crippen molar-refractivity contribution in [2.45, 2.75) is 12.3 Å². The molecule has 0 amide bonds. The molecule has 1 heterocycles. The number of carbonyl (C=O) groups excluding carboxylic acids is 1. The zero-order chi connectivity index (χ0) is 16.4. The molecule has 0 unspecified atom stereocenters. The average molecular weight is 393 g/mol. The quantitative estimate of drug-likeness (QED) is 0.682. The van der Waals surface area contributed by atoms with Crippen molar-refractivity contribution in [3.05, 3.63) is 52.0 Å². The van der Waals surface area contributed by atoms with Crippen LogP contribution in [-0.4, -0.2) is 26.9 Å². The molecule has 0 spiro atoms. The molecule has 1 aromatic heterocycles. The zero-order valence-corrected chi connectivity index (χ0v) is 14.6. The molecule has 1 N–H and O–H groups in total. The topological polar surface area (TPSA) is 72.3 Å². The summed E-state index contributed by atoms with van der Waals surface area (Å²) in [6, 6.07) is 10.9. The molecule has 3 aromatic rings. The van der Waals surface area contributed by atoms with E-state index in [1.165, 1.54) is 7.11 Å². The van der Waals surface area contributed by atoms with Gasteiger partial charge in [-0.1, -0.05) is 28.1 Å². The number of ether oxygens (including phenoxy) is 1. The van der Waals surface area contributed by atoms with E-state index in [0.717, 1.165) is 21.8 Å². The number of halogens is 1. The monoisotopic (exact) mass is 392 g/mol. The number of benzene rings is 2. The first-order valence-corrected chi connectivity index (χ1v) is 8.39. The summed E-state index contributed by atoms with van der Waals surface area (Å²) in [6.07, 6.45) is 0.113. The molecule has 23 heavy (non-hydrogen) atoms. The first-order chi connectivity index (χ1) is 11.1. The van der Waals surface area contributed by atoms with Gasteiger partial charge in [0.05, 0.1) is 25.3 Å². The van der Waals surface area contributed by atoms with Crippen molar-refractivity contribution in [2.75, 3.05) is 7.11 Å². The van der Waals surface area contributed by atoms with Crippen LogP contribution in [0, 0.1) is 0 Å². The molecule has 5 nitrogen and oxygen atoms in total. The minimum absolute atomic E-state index is 0.0991. The van der Waals surface area contributed by atoms with E-state index >= 15 is 0 Å². The number of phenolic OH excluding ortho intramolecular Hbond substituents is 1. The van der Waals surface area contributed by atoms with Gasteiger partial charge in [0.25, 0.3) is 0 Å². The molecule has 7 heteroatoms. The van der Waals surface area contributed by atoms with E-state index in [1.807, 2.05) is 24.3 Å². The Morgan fingerprint density at radius 2 is 2.00 bits per heavy atom. The summed E-state index contributed by atoms with van der Waals surface area (Å²) in [5.41, 5.74) is 2.82. The maximum absolute atomic E-state index is 11.9. The average Bonchev–Trinajstić information content (AvgIpc) is 3.02. The summed E-state index contributed by atoms with van der Waals surface area (Å²) in [5.74, 6) is -0.609. The van der Waals surface area contributed by atoms with Gasteiger partial charge in [0.1, 0.15) is 16.8 Å². The summed E-state index contributed by atoms with van der Waals surface area (Å²) in [5, 5.41) is 10.4. The second kappa shape index (κ2) is 6.64. The van der Waals surface area contributed by atoms with Crippen LogP contribution in [0.25, 0.3) is 11.0 Å². The van der Waals surface area contributed by atoms with Gasteiger partial charge in [-0.25, -0.2) is 0 Å². The third-order valence-corrected chi connectivity index (χ3v) is 4.73. The van der Waals surface area contributed by atoms with E-state index in [9.17, 15) is 9.90 Å². The Kier molecular flexibility index (Phi) is 4.58. The van der Waals surface area contributed by atoms with Crippen molar-refractivity contribution in [1.29, 1.82) is 0 Å². The molecule has 0 saturated carbocycles. The Bertz CT molecular complexity index is 848. The molecule has 0 fully saturated rings. The van der Waals surface area contributed by atoms with Gasteiger partial charge in [0.15, 0.2) is 0 Å². The fraction of sp³-hybridized carbons (Fsp3) is 0.188. The molecule has 0 bridgehead atoms. The Balaban J connectivity index is 2.17. The number of hydrogen-bond acceptors (Lipinski definition) is 6. The second-order valence-corrected chi connectivity index (χ2v) is 6.46. The van der Waals surface area contributed by atoms with Gasteiger partial charge in [-0.15, -0.1) is 0 Å². The predicted molar refractivity (Wildman–Crippen MR) is 91.7 cm³/mol. The largest absolute Gasteiger partial charge is 0.508 e. The van der Waals surface area contributed by atoms with Crippen molar-refractivity contribution in [1.82, 2.24) is 8.75 Å². The van der Waals surface area contributed by atoms with Gasteiger partial charge in [-0.2, -0.15) is 8.75 Å². The lowest BCUT2D eigenvalue weighted by Crippen LogP contribution is -2.11. The minimum Gasteiger partial charge on any atom is -0.508 e. The van der Waals surface area contributed by atoms with Crippen molar-refractivity contribution >= 4 is 44.7 Å². The van der Waals surface area contributed by atoms with Crippen LogP contribution in [0.3, 0.4) is 0 Å². The van der Waals surface area contributed by atoms with Crippen molar-refractivity contribution < 1.29 is 14.6 Å². The van der Waals surface area contributed by atoms with E-state index < -0.39 is 0 Å². The van der Waals surface area contributed by atoms with E-state index in [0.29, 0.717) is 16.6 Å². The fourth-order valence-corrected chi connectivity index (χ4v) is 3.35. The zero-order valence-electron chi connectivity index (χ0n) is 12.2. The third kappa shape index (κ3) is 3.20. The highest BCUT2D eigenvalue weighted by Gasteiger charge is 2.25. The molecule has 1 atom stereocenters. The standard InChI is InChI=1S/C16H13BrN2O3S/c1-22-14(21)8-11(9-2-4-10(17)5-3-9)15-13(20)7-6-12-16(15)19-23-18-12/h2-7,11,20H,8H2,1H3/t11-/m0/s1. The van der Waals surface area contributed by atoms with Crippen LogP contribution in [0.1, 0.15) is 23.5 Å². The van der Waals surface area contributed by atoms with E-state index in [2.05, 4.69) is 24.7 Å². The van der Waals surface area contributed by atoms with Crippen LogP contribution in [0.5, 0.6) is 5.75 Å². The second-order valence-electron chi connectivity index (χ2n) is 5.01. The molecule has 0 aliphatic carbocycles. The summed E-state index contributed by atoms with van der Waals surface area (Å²) >= 11 is 4.48. The molecular weight excluding hydrogens is 380 g/mol. The molecule has 0 radical (unpaired) electrons. The number of carbonyl (C=O) groups is 1. The first kappa shape index (κ1) is 15.9. The van der Waals surface area contributed by atoms with Crippen molar-refractivity contribution in [2.24, 2.45) is 0 Å². The van der Waals surface area contributed by atoms with Gasteiger partial charge >= 0.3 is 5.97 Å². The van der Waals surface area contributed by atoms with Crippen molar-refractivity contribution in [3.63, 3.8) is 0 Å². The van der Waals surface area contributed by atoms with Gasteiger partial charge in [-0.3, -0.25) is 4.79 Å². The fourth-order valence-electron chi connectivity index (χ4n) is 2.54. The smallest absolute Gasteiger partial charge is 0.306 e. The number of aromatic nitrogens is 2. The van der Waals surface area contributed by atoms with Gasteiger partial charge in [0, 0.05) is 16.0 Å². The van der Waals surface area contributed by atoms with E-state index in [4.69, 9.17) is 4.74 Å². The highest BCUT2D eigenvalue weighted by atomic mass is 79.9. The Hall–Kier alpha value is -1.99. The third-order valence-electron chi connectivity index (χ3n) is 3.66. The highest BCUT2D eigenvalue weighted by molar-refractivity contribution is 9.10. The highest BCUT2D eigenvalue weighted by Crippen LogP contribution is 2.38. The van der Waals surface area contributed by atoms with Crippen molar-refractivity contribution in [3.8, 4) is 5.75 Å². The Labute approximate surface area is 145 Å². The number of hydrogen-bond donors (Lipinski definition) is 1. The van der Waals surface area contributed by atoms with Gasteiger partial charge in [-0.05, 0) is 29.8 Å². The van der Waals surface area contributed by atoms with Crippen LogP contribution in [-0.2, 0) is 9.53 Å². The number of fused-ring (bicyclic) bond motifs is 1. The maximum atomic E-state index is 11.9. The number of esters is 1. The number of phenols is 1. The SMILES string of the molecule is COC(=O)C[C@@H](c1ccc(Br)cc1)c1c(O)ccc2nsnc12. The summed E-state index contributed by atoms with van der Waals surface area (Å²) in [7, 11) is 1.35. The summed E-state index contributed by atoms with van der Waals surface area (Å²) in [6.45, 7) is 0. The summed E-state index contributed by atoms with van der Waals surface area (Å²) < 4.78 is 14.2. The number of rotatable bonds is 4. The van der Waals surface area contributed by atoms with E-state index in [1.54, 1.807) is 12.1 Å². The first-order valence-electron chi connectivity index (χ1n) is 6.86. The lowest BCUT2D eigenvalue weighted by Gasteiger charge is -2.18. The minimum atomic E-state index is -0.358. The van der Waals surface area contributed by atoms with Gasteiger partial charge in [0.2, 0.25) is 0 Å². The predicted octanol–water partition coefficient (Wildman–Crippen LogP) is 3.85. The maximum Gasteiger partial charge on any atom is 0.306 e. The molecule has 3 rings (SSSR count). The Morgan fingerprint density at radius 1 is 1.26 bits per heavy atom. The Morgan fingerprint density at radius 3 is 2.70 bits per heavy atom. The lowest BCUT2D eigenvalue weighted by molar-refractivity contribution is -0.140. The van der Waals surface area contributed by atoms with Gasteiger partial charge < -0.3 is 9.84 Å². The van der Waals surface area contributed by atoms with E-state index in [-0.39, 0.29) is 24.1 Å². The molecule has 2 aromatic carbocycles. The normalized spacial score (nSPS) is 12.3. The number of aromatic hydroxyl groups is 1. The molecule has 0 saturated heterocycles. The molecular formula is C16H13BrN2O3S. The molecule has 0 aliphatic rings. The lowest BCUT2D eigenvalue weighted by atomic mass is 9.87. The van der Waals surface area contributed by atoms with Crippen LogP contribution in [0.15, 0.2) is 40.9 Å². The van der Waals surface area contributed by atoms with Crippen LogP contribution < -0.4 is 0 Å². The molecule has 0 aliphatic heterocycles. The van der Waals surface area contributed by atoms with Crippen LogP contribution in [0.2, 0.25) is 0 Å².